The SMILES string of the molecule is CCC(C)ON(OC(C)CC)C1CCCCC1. The minimum absolute atomic E-state index is 0.237. The van der Waals surface area contributed by atoms with Crippen molar-refractivity contribution in [3.63, 3.8) is 0 Å². The van der Waals surface area contributed by atoms with Crippen LogP contribution < -0.4 is 0 Å². The lowest BCUT2D eigenvalue weighted by atomic mass is 9.96. The number of hydrogen-bond donors (Lipinski definition) is 0. The van der Waals surface area contributed by atoms with Gasteiger partial charge in [-0.05, 0) is 39.5 Å². The number of hydrogen-bond acceptors (Lipinski definition) is 3. The lowest BCUT2D eigenvalue weighted by Gasteiger charge is -2.35. The fourth-order valence-corrected chi connectivity index (χ4v) is 1.99. The van der Waals surface area contributed by atoms with Crippen molar-refractivity contribution in [3.8, 4) is 0 Å². The predicted molar refractivity (Wildman–Crippen MR) is 70.4 cm³/mol. The summed E-state index contributed by atoms with van der Waals surface area (Å²) in [6.07, 6.45) is 8.88. The second-order valence-corrected chi connectivity index (χ2v) is 5.23. The fourth-order valence-electron chi connectivity index (χ4n) is 1.99. The van der Waals surface area contributed by atoms with Gasteiger partial charge in [0.1, 0.15) is 0 Å². The Morgan fingerprint density at radius 2 is 1.41 bits per heavy atom. The third-order valence-corrected chi connectivity index (χ3v) is 3.59. The second-order valence-electron chi connectivity index (χ2n) is 5.23. The van der Waals surface area contributed by atoms with Gasteiger partial charge in [-0.15, -0.1) is 0 Å². The monoisotopic (exact) mass is 243 g/mol. The average molecular weight is 243 g/mol. The van der Waals surface area contributed by atoms with E-state index in [-0.39, 0.29) is 12.2 Å². The van der Waals surface area contributed by atoms with Crippen molar-refractivity contribution in [3.05, 3.63) is 0 Å². The molecule has 0 bridgehead atoms. The van der Waals surface area contributed by atoms with E-state index in [1.54, 1.807) is 0 Å². The highest BCUT2D eigenvalue weighted by Crippen LogP contribution is 2.24. The first-order chi connectivity index (χ1) is 8.17. The molecule has 0 heterocycles. The molecule has 1 aliphatic carbocycles. The van der Waals surface area contributed by atoms with Gasteiger partial charge in [-0.1, -0.05) is 38.3 Å². The first kappa shape index (κ1) is 14.9. The molecule has 0 N–H and O–H groups in total. The topological polar surface area (TPSA) is 21.7 Å². The smallest absolute Gasteiger partial charge is 0.0789 e. The van der Waals surface area contributed by atoms with Crippen molar-refractivity contribution >= 4 is 0 Å². The van der Waals surface area contributed by atoms with Gasteiger partial charge in [0.05, 0.1) is 18.2 Å². The maximum Gasteiger partial charge on any atom is 0.0789 e. The Bertz CT molecular complexity index is 181. The van der Waals surface area contributed by atoms with Crippen molar-refractivity contribution in [1.29, 1.82) is 0 Å². The van der Waals surface area contributed by atoms with Gasteiger partial charge in [-0.2, -0.15) is 0 Å². The highest BCUT2D eigenvalue weighted by molar-refractivity contribution is 4.68. The zero-order valence-electron chi connectivity index (χ0n) is 11.9. The van der Waals surface area contributed by atoms with Crippen LogP contribution in [0.1, 0.15) is 72.6 Å². The molecule has 3 nitrogen and oxygen atoms in total. The maximum atomic E-state index is 5.92. The summed E-state index contributed by atoms with van der Waals surface area (Å²) in [5, 5.41) is 1.82. The molecule has 3 heteroatoms. The predicted octanol–water partition coefficient (Wildman–Crippen LogP) is 4.08. The molecule has 1 saturated carbocycles. The highest BCUT2D eigenvalue weighted by atomic mass is 17.0. The molecular formula is C14H29NO2. The van der Waals surface area contributed by atoms with Gasteiger partial charge in [-0.25, -0.2) is 0 Å². The normalized spacial score (nSPS) is 21.7. The Hall–Kier alpha value is -0.120. The van der Waals surface area contributed by atoms with Crippen LogP contribution in [0.5, 0.6) is 0 Å². The third kappa shape index (κ3) is 5.36. The molecule has 0 aromatic heterocycles. The van der Waals surface area contributed by atoms with E-state index in [0.717, 1.165) is 12.8 Å². The summed E-state index contributed by atoms with van der Waals surface area (Å²) in [5.74, 6) is 0. The Morgan fingerprint density at radius 3 is 1.82 bits per heavy atom. The fraction of sp³-hybridized carbons (Fsp3) is 1.00. The number of hydroxylamine groups is 2. The summed E-state index contributed by atoms with van der Waals surface area (Å²) < 4.78 is 0. The largest absolute Gasteiger partial charge is 0.271 e. The number of nitrogens with zero attached hydrogens (tertiary/aromatic N) is 1. The van der Waals surface area contributed by atoms with Crippen LogP contribution in [0.2, 0.25) is 0 Å². The van der Waals surface area contributed by atoms with Crippen LogP contribution in [-0.2, 0) is 9.68 Å². The summed E-state index contributed by atoms with van der Waals surface area (Å²) >= 11 is 0. The summed E-state index contributed by atoms with van der Waals surface area (Å²) in [6.45, 7) is 8.51. The van der Waals surface area contributed by atoms with Gasteiger partial charge in [0.15, 0.2) is 0 Å². The van der Waals surface area contributed by atoms with Gasteiger partial charge in [0.25, 0.3) is 0 Å². The lowest BCUT2D eigenvalue weighted by molar-refractivity contribution is -0.419. The molecule has 17 heavy (non-hydrogen) atoms. The van der Waals surface area contributed by atoms with E-state index >= 15 is 0 Å². The zero-order valence-corrected chi connectivity index (χ0v) is 11.9. The van der Waals surface area contributed by atoms with E-state index in [4.69, 9.17) is 9.68 Å². The van der Waals surface area contributed by atoms with E-state index in [2.05, 4.69) is 27.7 Å². The minimum Gasteiger partial charge on any atom is -0.271 e. The number of rotatable bonds is 7. The molecule has 0 spiro atoms. The maximum absolute atomic E-state index is 5.92. The molecule has 0 radical (unpaired) electrons. The molecule has 0 saturated heterocycles. The summed E-state index contributed by atoms with van der Waals surface area (Å²) in [7, 11) is 0. The second kappa shape index (κ2) is 8.06. The third-order valence-electron chi connectivity index (χ3n) is 3.59. The average Bonchev–Trinajstić information content (AvgIpc) is 2.38. The lowest BCUT2D eigenvalue weighted by Crippen LogP contribution is -2.41. The Morgan fingerprint density at radius 1 is 0.941 bits per heavy atom. The van der Waals surface area contributed by atoms with Crippen LogP contribution >= 0.6 is 0 Å². The Labute approximate surface area is 106 Å². The molecule has 2 unspecified atom stereocenters. The Kier molecular flexibility index (Phi) is 7.09. The van der Waals surface area contributed by atoms with Gasteiger partial charge < -0.3 is 0 Å². The van der Waals surface area contributed by atoms with Gasteiger partial charge in [-0.3, -0.25) is 9.68 Å². The standard InChI is InChI=1S/C14H29NO2/c1-5-12(3)16-15(17-13(4)6-2)14-10-8-7-9-11-14/h12-14H,5-11H2,1-4H3. The van der Waals surface area contributed by atoms with E-state index in [0.29, 0.717) is 6.04 Å². The molecule has 0 aromatic rings. The van der Waals surface area contributed by atoms with Gasteiger partial charge in [0, 0.05) is 0 Å². The summed E-state index contributed by atoms with van der Waals surface area (Å²) in [4.78, 5) is 11.8. The van der Waals surface area contributed by atoms with Crippen LogP contribution in [0.15, 0.2) is 0 Å². The van der Waals surface area contributed by atoms with Crippen molar-refractivity contribution in [1.82, 2.24) is 5.23 Å². The highest BCUT2D eigenvalue weighted by Gasteiger charge is 2.25. The van der Waals surface area contributed by atoms with Crippen LogP contribution in [-0.4, -0.2) is 23.5 Å². The summed E-state index contributed by atoms with van der Waals surface area (Å²) in [5.41, 5.74) is 0. The van der Waals surface area contributed by atoms with E-state index in [1.807, 2.05) is 5.23 Å². The van der Waals surface area contributed by atoms with Crippen LogP contribution in [0.25, 0.3) is 0 Å². The molecule has 2 atom stereocenters. The van der Waals surface area contributed by atoms with E-state index in [9.17, 15) is 0 Å². The van der Waals surface area contributed by atoms with Crippen LogP contribution in [0.4, 0.5) is 0 Å². The molecule has 102 valence electrons. The molecule has 1 fully saturated rings. The molecule has 1 rings (SSSR count). The van der Waals surface area contributed by atoms with Gasteiger partial charge in [0.2, 0.25) is 0 Å². The van der Waals surface area contributed by atoms with Crippen molar-refractivity contribution in [2.24, 2.45) is 0 Å². The molecular weight excluding hydrogens is 214 g/mol. The van der Waals surface area contributed by atoms with E-state index < -0.39 is 0 Å². The minimum atomic E-state index is 0.237. The van der Waals surface area contributed by atoms with Crippen LogP contribution in [0, 0.1) is 0 Å². The van der Waals surface area contributed by atoms with E-state index in [1.165, 1.54) is 32.1 Å². The molecule has 0 aromatic carbocycles. The molecule has 0 aliphatic heterocycles. The van der Waals surface area contributed by atoms with Crippen LogP contribution in [0.3, 0.4) is 0 Å². The van der Waals surface area contributed by atoms with Gasteiger partial charge >= 0.3 is 0 Å². The summed E-state index contributed by atoms with van der Waals surface area (Å²) in [6, 6.07) is 0.451. The van der Waals surface area contributed by atoms with Crippen molar-refractivity contribution in [2.75, 3.05) is 0 Å². The Balaban J connectivity index is 2.50. The van der Waals surface area contributed by atoms with Crippen molar-refractivity contribution in [2.45, 2.75) is 90.9 Å². The zero-order chi connectivity index (χ0) is 12.7. The first-order valence-corrected chi connectivity index (χ1v) is 7.30. The first-order valence-electron chi connectivity index (χ1n) is 7.30. The molecule has 1 aliphatic rings. The van der Waals surface area contributed by atoms with Crippen molar-refractivity contribution < 1.29 is 9.68 Å². The quantitative estimate of drug-likeness (QED) is 0.629. The molecule has 0 amide bonds.